The maximum atomic E-state index is 12.8. The van der Waals surface area contributed by atoms with Gasteiger partial charge in [-0.25, -0.2) is 13.1 Å². The minimum Gasteiger partial charge on any atom is -0.454 e. The molecule has 2 aliphatic rings. The van der Waals surface area contributed by atoms with Crippen LogP contribution in [0.4, 0.5) is 0 Å². The number of hydrogen-bond acceptors (Lipinski definition) is 6. The van der Waals surface area contributed by atoms with Gasteiger partial charge >= 0.3 is 0 Å². The smallest absolute Gasteiger partial charge is 0.240 e. The number of fused-ring (bicyclic) bond motifs is 1. The number of nitrogens with zero attached hydrogens (tertiary/aromatic N) is 1. The lowest BCUT2D eigenvalue weighted by Gasteiger charge is -2.30. The van der Waals surface area contributed by atoms with Crippen LogP contribution in [0.2, 0.25) is 0 Å². The van der Waals surface area contributed by atoms with Crippen LogP contribution in [0.15, 0.2) is 40.6 Å². The van der Waals surface area contributed by atoms with Gasteiger partial charge in [0.25, 0.3) is 0 Å². The van der Waals surface area contributed by atoms with Crippen LogP contribution in [-0.4, -0.2) is 39.7 Å². The molecule has 1 atom stereocenters. The summed E-state index contributed by atoms with van der Waals surface area (Å²) >= 11 is 1.68. The molecule has 0 amide bonds. The Morgan fingerprint density at radius 3 is 2.59 bits per heavy atom. The average Bonchev–Trinajstić information content (AvgIpc) is 3.29. The third-order valence-electron chi connectivity index (χ3n) is 5.07. The Labute approximate surface area is 164 Å². The van der Waals surface area contributed by atoms with Crippen LogP contribution in [0, 0.1) is 0 Å². The van der Waals surface area contributed by atoms with Gasteiger partial charge in [-0.05, 0) is 49.5 Å². The number of thiophene rings is 1. The van der Waals surface area contributed by atoms with Crippen LogP contribution in [0.1, 0.15) is 36.6 Å². The second-order valence-corrected chi connectivity index (χ2v) is 9.59. The van der Waals surface area contributed by atoms with Crippen molar-refractivity contribution in [3.8, 4) is 11.5 Å². The Balaban J connectivity index is 1.51. The van der Waals surface area contributed by atoms with Crippen LogP contribution in [0.5, 0.6) is 11.5 Å². The number of rotatable bonds is 6. The fourth-order valence-corrected chi connectivity index (χ4v) is 5.53. The molecule has 0 spiro atoms. The first-order valence-corrected chi connectivity index (χ1v) is 11.7. The molecule has 0 radical (unpaired) electrons. The van der Waals surface area contributed by atoms with E-state index in [4.69, 9.17) is 9.47 Å². The van der Waals surface area contributed by atoms with E-state index in [1.54, 1.807) is 23.5 Å². The molecule has 4 rings (SSSR count). The van der Waals surface area contributed by atoms with Crippen LogP contribution >= 0.6 is 11.3 Å². The molecule has 0 unspecified atom stereocenters. The highest BCUT2D eigenvalue weighted by atomic mass is 32.2. The number of sulfonamides is 1. The molecule has 0 saturated carbocycles. The molecule has 1 saturated heterocycles. The molecule has 1 aromatic carbocycles. The van der Waals surface area contributed by atoms with Crippen molar-refractivity contribution in [3.63, 3.8) is 0 Å². The quantitative estimate of drug-likeness (QED) is 0.794. The monoisotopic (exact) mass is 408 g/mol. The zero-order chi connectivity index (χ0) is 18.7. The maximum Gasteiger partial charge on any atom is 0.240 e. The van der Waals surface area contributed by atoms with Crippen molar-refractivity contribution >= 4 is 21.4 Å². The summed E-state index contributed by atoms with van der Waals surface area (Å²) in [5.41, 5.74) is 0. The minimum atomic E-state index is -3.62. The molecule has 1 aromatic heterocycles. The van der Waals surface area contributed by atoms with E-state index in [1.807, 2.05) is 11.4 Å². The minimum absolute atomic E-state index is 0.0619. The highest BCUT2D eigenvalue weighted by Gasteiger charge is 2.26. The molecule has 0 bridgehead atoms. The molecule has 0 aliphatic carbocycles. The highest BCUT2D eigenvalue weighted by molar-refractivity contribution is 7.89. The van der Waals surface area contributed by atoms with E-state index in [0.29, 0.717) is 18.0 Å². The number of likely N-dealkylation sites (tertiary alicyclic amines) is 1. The lowest BCUT2D eigenvalue weighted by atomic mass is 10.2. The molecule has 6 nitrogen and oxygen atoms in total. The van der Waals surface area contributed by atoms with Gasteiger partial charge in [-0.15, -0.1) is 11.3 Å². The second-order valence-electron chi connectivity index (χ2n) is 6.85. The Bertz CT molecular complexity index is 860. The third kappa shape index (κ3) is 4.29. The Kier molecular flexibility index (Phi) is 5.68. The standard InChI is InChI=1S/C19H24N2O4S2/c22-27(23,15-7-8-17-18(12-15)25-14-24-17)20-13-16(19-6-5-11-26-19)21-9-3-1-2-4-10-21/h5-8,11-12,16,20H,1-4,9-10,13-14H2/t16-/m0/s1. The van der Waals surface area contributed by atoms with Gasteiger partial charge in [0.15, 0.2) is 11.5 Å². The normalized spacial score (nSPS) is 19.0. The van der Waals surface area contributed by atoms with Gasteiger partial charge in [0.2, 0.25) is 16.8 Å². The summed E-state index contributed by atoms with van der Waals surface area (Å²) in [6.07, 6.45) is 4.82. The molecule has 1 N–H and O–H groups in total. The summed E-state index contributed by atoms with van der Waals surface area (Å²) in [5.74, 6) is 1.05. The summed E-state index contributed by atoms with van der Waals surface area (Å²) < 4.78 is 39.1. The first-order chi connectivity index (χ1) is 13.1. The van der Waals surface area contributed by atoms with Crippen molar-refractivity contribution in [2.45, 2.75) is 36.6 Å². The number of nitrogens with one attached hydrogen (secondary N) is 1. The molecular weight excluding hydrogens is 384 g/mol. The Morgan fingerprint density at radius 1 is 1.07 bits per heavy atom. The zero-order valence-corrected chi connectivity index (χ0v) is 16.7. The Hall–Kier alpha value is -1.61. The van der Waals surface area contributed by atoms with E-state index < -0.39 is 10.0 Å². The van der Waals surface area contributed by atoms with E-state index >= 15 is 0 Å². The van der Waals surface area contributed by atoms with Gasteiger partial charge in [-0.3, -0.25) is 4.90 Å². The molecule has 27 heavy (non-hydrogen) atoms. The van der Waals surface area contributed by atoms with E-state index in [1.165, 1.54) is 23.8 Å². The molecule has 8 heteroatoms. The predicted molar refractivity (Wildman–Crippen MR) is 105 cm³/mol. The van der Waals surface area contributed by atoms with E-state index in [0.717, 1.165) is 25.9 Å². The lowest BCUT2D eigenvalue weighted by molar-refractivity contribution is 0.174. The topological polar surface area (TPSA) is 67.9 Å². The van der Waals surface area contributed by atoms with E-state index in [2.05, 4.69) is 15.7 Å². The van der Waals surface area contributed by atoms with Crippen LogP contribution in [-0.2, 0) is 10.0 Å². The summed E-state index contributed by atoms with van der Waals surface area (Å²) in [4.78, 5) is 3.82. The first kappa shape index (κ1) is 18.7. The maximum absolute atomic E-state index is 12.8. The lowest BCUT2D eigenvalue weighted by Crippen LogP contribution is -2.38. The van der Waals surface area contributed by atoms with Gasteiger partial charge in [0, 0.05) is 17.5 Å². The highest BCUT2D eigenvalue weighted by Crippen LogP contribution is 2.34. The molecule has 3 heterocycles. The number of hydrogen-bond donors (Lipinski definition) is 1. The van der Waals surface area contributed by atoms with Crippen molar-refractivity contribution in [2.24, 2.45) is 0 Å². The van der Waals surface area contributed by atoms with Gasteiger partial charge in [-0.2, -0.15) is 0 Å². The largest absolute Gasteiger partial charge is 0.454 e. The summed E-state index contributed by atoms with van der Waals surface area (Å²) in [5, 5.41) is 2.05. The number of ether oxygens (including phenoxy) is 2. The van der Waals surface area contributed by atoms with Gasteiger partial charge in [0.05, 0.1) is 10.9 Å². The van der Waals surface area contributed by atoms with E-state index in [-0.39, 0.29) is 17.7 Å². The molecule has 2 aliphatic heterocycles. The van der Waals surface area contributed by atoms with Crippen molar-refractivity contribution in [2.75, 3.05) is 26.4 Å². The fraction of sp³-hybridized carbons (Fsp3) is 0.474. The SMILES string of the molecule is O=S(=O)(NC[C@@H](c1cccs1)N1CCCCCC1)c1ccc2c(c1)OCO2. The van der Waals surface area contributed by atoms with Crippen molar-refractivity contribution in [1.82, 2.24) is 9.62 Å². The summed E-state index contributed by atoms with van der Waals surface area (Å²) in [7, 11) is -3.62. The second kappa shape index (κ2) is 8.18. The number of benzene rings is 1. The van der Waals surface area contributed by atoms with Crippen molar-refractivity contribution < 1.29 is 17.9 Å². The van der Waals surface area contributed by atoms with Crippen LogP contribution < -0.4 is 14.2 Å². The van der Waals surface area contributed by atoms with Gasteiger partial charge in [-0.1, -0.05) is 18.9 Å². The van der Waals surface area contributed by atoms with E-state index in [9.17, 15) is 8.42 Å². The van der Waals surface area contributed by atoms with Gasteiger partial charge in [0.1, 0.15) is 0 Å². The molecule has 1 fully saturated rings. The van der Waals surface area contributed by atoms with Crippen LogP contribution in [0.3, 0.4) is 0 Å². The van der Waals surface area contributed by atoms with Crippen molar-refractivity contribution in [3.05, 3.63) is 40.6 Å². The van der Waals surface area contributed by atoms with Crippen molar-refractivity contribution in [1.29, 1.82) is 0 Å². The first-order valence-electron chi connectivity index (χ1n) is 9.30. The van der Waals surface area contributed by atoms with Gasteiger partial charge < -0.3 is 9.47 Å². The zero-order valence-electron chi connectivity index (χ0n) is 15.1. The molecule has 146 valence electrons. The van der Waals surface area contributed by atoms with Crippen LogP contribution in [0.25, 0.3) is 0 Å². The summed E-state index contributed by atoms with van der Waals surface area (Å²) in [6, 6.07) is 8.90. The predicted octanol–water partition coefficient (Wildman–Crippen LogP) is 3.37. The molecular formula is C19H24N2O4S2. The fourth-order valence-electron chi connectivity index (χ4n) is 3.61. The third-order valence-corrected chi connectivity index (χ3v) is 7.47. The summed E-state index contributed by atoms with van der Waals surface area (Å²) in [6.45, 7) is 2.50. The molecule has 2 aromatic rings. The average molecular weight is 409 g/mol. The Morgan fingerprint density at radius 2 is 1.85 bits per heavy atom.